The Balaban J connectivity index is 0.980. The van der Waals surface area contributed by atoms with Crippen LogP contribution in [0.1, 0.15) is 6.42 Å². The number of sulfonamides is 1. The average molecular weight is 849 g/mol. The molecule has 1 atom stereocenters. The van der Waals surface area contributed by atoms with Crippen molar-refractivity contribution in [2.75, 3.05) is 72.4 Å². The van der Waals surface area contributed by atoms with Gasteiger partial charge in [-0.05, 0) is 99.9 Å². The van der Waals surface area contributed by atoms with E-state index in [1.807, 2.05) is 93.0 Å². The molecular formula is C44H45ClN8O4S2. The molecule has 0 spiro atoms. The van der Waals surface area contributed by atoms with E-state index in [0.29, 0.717) is 16.5 Å². The minimum Gasteiger partial charge on any atom is -0.376 e. The fourth-order valence-corrected chi connectivity index (χ4v) is 9.09. The van der Waals surface area contributed by atoms with E-state index in [4.69, 9.17) is 11.6 Å². The zero-order valence-corrected chi connectivity index (χ0v) is 35.1. The van der Waals surface area contributed by atoms with Crippen LogP contribution >= 0.6 is 23.4 Å². The van der Waals surface area contributed by atoms with Gasteiger partial charge in [0.15, 0.2) is 0 Å². The Morgan fingerprint density at radius 1 is 0.797 bits per heavy atom. The zero-order valence-electron chi connectivity index (χ0n) is 32.7. The van der Waals surface area contributed by atoms with Crippen molar-refractivity contribution in [1.29, 1.82) is 0 Å². The van der Waals surface area contributed by atoms with Crippen molar-refractivity contribution in [3.8, 4) is 22.5 Å². The predicted octanol–water partition coefficient (Wildman–Crippen LogP) is 9.02. The third-order valence-electron chi connectivity index (χ3n) is 10.0. The Morgan fingerprint density at radius 3 is 2.12 bits per heavy atom. The Bertz CT molecular complexity index is 2470. The molecule has 6 aromatic rings. The molecule has 0 amide bonds. The van der Waals surface area contributed by atoms with Crippen LogP contribution < -0.4 is 19.8 Å². The minimum absolute atomic E-state index is 0.0978. The highest BCUT2D eigenvalue weighted by Crippen LogP contribution is 2.33. The lowest BCUT2D eigenvalue weighted by Crippen LogP contribution is -2.46. The molecule has 0 bridgehead atoms. The highest BCUT2D eigenvalue weighted by atomic mass is 35.5. The number of piperazine rings is 1. The van der Waals surface area contributed by atoms with Crippen molar-refractivity contribution < 1.29 is 13.3 Å². The fourth-order valence-electron chi connectivity index (χ4n) is 6.89. The lowest BCUT2D eigenvalue weighted by atomic mass is 10.0. The first-order valence-corrected chi connectivity index (χ1v) is 22.0. The van der Waals surface area contributed by atoms with Gasteiger partial charge in [-0.3, -0.25) is 24.8 Å². The van der Waals surface area contributed by atoms with E-state index in [1.165, 1.54) is 12.1 Å². The maximum Gasteiger partial charge on any atom is 0.293 e. The molecule has 1 aromatic heterocycles. The number of thioether (sulfide) groups is 1. The molecule has 304 valence electrons. The van der Waals surface area contributed by atoms with Gasteiger partial charge in [0.05, 0.1) is 21.2 Å². The number of halogens is 1. The zero-order chi connectivity index (χ0) is 41.4. The molecule has 1 fully saturated rings. The van der Waals surface area contributed by atoms with Gasteiger partial charge in [-0.2, -0.15) is 0 Å². The highest BCUT2D eigenvalue weighted by molar-refractivity contribution is 7.99. The minimum atomic E-state index is -4.13. The molecule has 2 N–H and O–H groups in total. The summed E-state index contributed by atoms with van der Waals surface area (Å²) in [6.07, 6.45) is 4.14. The molecule has 1 aliphatic heterocycles. The first-order chi connectivity index (χ1) is 28.5. The van der Waals surface area contributed by atoms with E-state index in [2.05, 4.69) is 46.8 Å². The summed E-state index contributed by atoms with van der Waals surface area (Å²) in [5.41, 5.74) is 5.89. The maximum atomic E-state index is 13.5. The van der Waals surface area contributed by atoms with Crippen LogP contribution in [0, 0.1) is 10.1 Å². The summed E-state index contributed by atoms with van der Waals surface area (Å²) in [6.45, 7) is 3.88. The van der Waals surface area contributed by atoms with E-state index in [-0.39, 0.29) is 22.3 Å². The van der Waals surface area contributed by atoms with Crippen LogP contribution in [0.4, 0.5) is 28.4 Å². The average Bonchev–Trinajstić information content (AvgIpc) is 3.25. The molecule has 0 radical (unpaired) electrons. The summed E-state index contributed by atoms with van der Waals surface area (Å²) in [5.74, 6) is 0.675. The standard InChI is InChI=1S/C44H45ClN8O4S2/c1-50(2)24-21-36(31-58-39-9-4-3-5-10-39)48-41-20-19-40(30-42(41)53(54)55)59(56,57)49-35-15-17-37(18-16-35)51-25-27-52(28-26-51)38-8-6-7-33(29-38)44-43(46-22-23-47-44)32-11-13-34(45)14-12-32/h3-20,22-23,29-30,36,48-49H,21,24-28,31H2,1-2H3/t36-/m1/s1. The van der Waals surface area contributed by atoms with Crippen molar-refractivity contribution in [2.24, 2.45) is 0 Å². The van der Waals surface area contributed by atoms with Crippen molar-refractivity contribution in [3.63, 3.8) is 0 Å². The lowest BCUT2D eigenvalue weighted by molar-refractivity contribution is -0.384. The maximum absolute atomic E-state index is 13.5. The second-order valence-corrected chi connectivity index (χ2v) is 17.6. The van der Waals surface area contributed by atoms with Crippen molar-refractivity contribution in [3.05, 3.63) is 149 Å². The number of nitro groups is 1. The third-order valence-corrected chi connectivity index (χ3v) is 12.8. The monoisotopic (exact) mass is 848 g/mol. The van der Waals surface area contributed by atoms with E-state index < -0.39 is 14.9 Å². The predicted molar refractivity (Wildman–Crippen MR) is 240 cm³/mol. The van der Waals surface area contributed by atoms with Gasteiger partial charge in [-0.15, -0.1) is 11.8 Å². The molecule has 0 aliphatic carbocycles. The number of anilines is 4. The van der Waals surface area contributed by atoms with Gasteiger partial charge >= 0.3 is 0 Å². The van der Waals surface area contributed by atoms with Crippen LogP contribution in [0.3, 0.4) is 0 Å². The van der Waals surface area contributed by atoms with Crippen molar-refractivity contribution >= 4 is 61.8 Å². The number of hydrogen-bond donors (Lipinski definition) is 2. The van der Waals surface area contributed by atoms with Crippen LogP contribution in [0.15, 0.2) is 144 Å². The Kier molecular flexibility index (Phi) is 13.3. The van der Waals surface area contributed by atoms with E-state index >= 15 is 0 Å². The number of hydrogen-bond acceptors (Lipinski definition) is 11. The highest BCUT2D eigenvalue weighted by Gasteiger charge is 2.24. The molecule has 5 aromatic carbocycles. The van der Waals surface area contributed by atoms with E-state index in [1.54, 1.807) is 36.3 Å². The third kappa shape index (κ3) is 10.7. The fraction of sp³-hybridized carbons (Fsp3) is 0.227. The summed E-state index contributed by atoms with van der Waals surface area (Å²) in [5, 5.41) is 16.2. The summed E-state index contributed by atoms with van der Waals surface area (Å²) in [4.78, 5) is 28.6. The Morgan fingerprint density at radius 2 is 1.46 bits per heavy atom. The lowest BCUT2D eigenvalue weighted by Gasteiger charge is -2.37. The quantitative estimate of drug-likeness (QED) is 0.0549. The molecule has 1 aliphatic rings. The smallest absolute Gasteiger partial charge is 0.293 e. The van der Waals surface area contributed by atoms with Gasteiger partial charge in [0.2, 0.25) is 0 Å². The number of nitrogens with zero attached hydrogens (tertiary/aromatic N) is 6. The van der Waals surface area contributed by atoms with Gasteiger partial charge in [-0.1, -0.05) is 54.1 Å². The molecule has 2 heterocycles. The van der Waals surface area contributed by atoms with Crippen LogP contribution in [-0.4, -0.2) is 86.8 Å². The summed E-state index contributed by atoms with van der Waals surface area (Å²) < 4.78 is 29.7. The topological polar surface area (TPSA) is 137 Å². The van der Waals surface area contributed by atoms with Crippen molar-refractivity contribution in [1.82, 2.24) is 14.9 Å². The van der Waals surface area contributed by atoms with Gasteiger partial charge in [0.1, 0.15) is 5.69 Å². The number of benzene rings is 5. The molecular weight excluding hydrogens is 804 g/mol. The Hall–Kier alpha value is -5.67. The molecule has 15 heteroatoms. The van der Waals surface area contributed by atoms with Gasteiger partial charge in [-0.25, -0.2) is 8.42 Å². The van der Waals surface area contributed by atoms with Gasteiger partial charge in [0.25, 0.3) is 15.7 Å². The van der Waals surface area contributed by atoms with Gasteiger partial charge in [0, 0.05) is 94.5 Å². The SMILES string of the molecule is CN(C)CC[C@H](CSc1ccccc1)Nc1ccc(S(=O)(=O)Nc2ccc(N3CCN(c4cccc(-c5nccnc5-c5ccc(Cl)cc5)c4)CC3)cc2)cc1[N+](=O)[O-]. The number of nitro benzene ring substituents is 1. The summed E-state index contributed by atoms with van der Waals surface area (Å²) in [6, 6.07) is 37.0. The van der Waals surface area contributed by atoms with E-state index in [0.717, 1.165) is 84.0 Å². The van der Waals surface area contributed by atoms with Crippen LogP contribution in [0.2, 0.25) is 5.02 Å². The van der Waals surface area contributed by atoms with E-state index in [9.17, 15) is 18.5 Å². The second-order valence-electron chi connectivity index (χ2n) is 14.4. The van der Waals surface area contributed by atoms with Crippen LogP contribution in [0.5, 0.6) is 0 Å². The Labute approximate surface area is 354 Å². The normalized spacial score (nSPS) is 13.6. The van der Waals surface area contributed by atoms with Crippen molar-refractivity contribution in [2.45, 2.75) is 22.3 Å². The summed E-state index contributed by atoms with van der Waals surface area (Å²) in [7, 11) is -0.168. The van der Waals surface area contributed by atoms with Crippen LogP contribution in [0.25, 0.3) is 22.5 Å². The van der Waals surface area contributed by atoms with Gasteiger partial charge < -0.3 is 20.0 Å². The number of aromatic nitrogens is 2. The number of rotatable bonds is 16. The first kappa shape index (κ1) is 41.5. The first-order valence-electron chi connectivity index (χ1n) is 19.2. The summed E-state index contributed by atoms with van der Waals surface area (Å²) >= 11 is 7.79. The largest absolute Gasteiger partial charge is 0.376 e. The molecule has 0 saturated carbocycles. The molecule has 7 rings (SSSR count). The van der Waals surface area contributed by atoms with Crippen LogP contribution in [-0.2, 0) is 10.0 Å². The number of nitrogens with one attached hydrogen (secondary N) is 2. The second kappa shape index (κ2) is 18.9. The molecule has 12 nitrogen and oxygen atoms in total. The molecule has 59 heavy (non-hydrogen) atoms. The molecule has 0 unspecified atom stereocenters. The molecule has 1 saturated heterocycles.